The molecule has 0 aliphatic rings. The van der Waals surface area contributed by atoms with Crippen molar-refractivity contribution in [2.75, 3.05) is 155 Å². The first-order valence-electron chi connectivity index (χ1n) is 45.0. The molecule has 0 radical (unpaired) electrons. The third-order valence-electron chi connectivity index (χ3n) is 22.6. The van der Waals surface area contributed by atoms with Crippen molar-refractivity contribution in [1.29, 1.82) is 0 Å². The number of nitrogens with zero attached hydrogens (tertiary/aromatic N) is 6. The normalized spacial score (nSPS) is 14.5. The second-order valence-corrected chi connectivity index (χ2v) is 51.8. The summed E-state index contributed by atoms with van der Waals surface area (Å²) in [6.07, 6.45) is 4.66. The minimum Gasteiger partial charge on any atom is -0.356 e. The molecule has 0 aliphatic heterocycles. The lowest BCUT2D eigenvalue weighted by Crippen LogP contribution is -2.52. The number of thiocarbonyl (C=S) groups is 2. The number of carbonyl (C=O) groups excluding carboxylic acids is 8. The summed E-state index contributed by atoms with van der Waals surface area (Å²) in [4.78, 5) is 119. The Balaban J connectivity index is 0.000000701. The quantitative estimate of drug-likeness (QED) is 0.00490. The zero-order chi connectivity index (χ0) is 103. The van der Waals surface area contributed by atoms with Crippen molar-refractivity contribution in [3.8, 4) is 0 Å². The van der Waals surface area contributed by atoms with Crippen LogP contribution in [-0.4, -0.2) is 288 Å². The maximum Gasteiger partial charge on any atom is 0.265 e. The molecule has 135 heavy (non-hydrogen) atoms. The van der Waals surface area contributed by atoms with E-state index < -0.39 is 78.1 Å². The molecule has 4 rings (SSSR count). The number of benzene rings is 4. The molecular formula is C96H149N12O17S10+3. The number of carbonyl (C=O) groups is 8. The first kappa shape index (κ1) is 124. The monoisotopic (exact) mass is 2060 g/mol. The number of hydrogen-bond acceptors (Lipinski definition) is 21. The lowest BCUT2D eigenvalue weighted by atomic mass is 9.67. The van der Waals surface area contributed by atoms with Crippen LogP contribution in [0.1, 0.15) is 205 Å². The van der Waals surface area contributed by atoms with Gasteiger partial charge in [0.25, 0.3) is 30.4 Å². The van der Waals surface area contributed by atoms with Gasteiger partial charge >= 0.3 is 0 Å². The number of nitrogens with one attached hydrogen (secondary N) is 6. The molecule has 0 fully saturated rings. The summed E-state index contributed by atoms with van der Waals surface area (Å²) in [7, 11) is -0.196. The van der Waals surface area contributed by atoms with Crippen molar-refractivity contribution in [1.82, 2.24) is 31.9 Å². The molecule has 0 aromatic heterocycles. The zero-order valence-electron chi connectivity index (χ0n) is 82.3. The molecule has 9 N–H and O–H groups in total. The Morgan fingerprint density at radius 1 is 0.348 bits per heavy atom. The van der Waals surface area contributed by atoms with Crippen LogP contribution in [0, 0.1) is 41.4 Å². The summed E-state index contributed by atoms with van der Waals surface area (Å²) in [5.41, 5.74) is -3.75. The fourth-order valence-electron chi connectivity index (χ4n) is 16.2. The largest absolute Gasteiger partial charge is 0.356 e. The van der Waals surface area contributed by atoms with E-state index in [9.17, 15) is 63.6 Å². The van der Waals surface area contributed by atoms with Gasteiger partial charge in [-0.25, -0.2) is 19.7 Å². The van der Waals surface area contributed by atoms with Crippen LogP contribution < -0.4 is 31.9 Å². The number of hydrogen-bond donors (Lipinski definition) is 10. The van der Waals surface area contributed by atoms with Crippen LogP contribution in [0.2, 0.25) is 0 Å². The molecule has 752 valence electrons. The SMILES string of the molecule is [C-]#[N+]C(C)(C)CC(C)(CC(C)(C)C(=O)NCCC[N+](C)(C)CCCS(=O)(=O)O)C(=O)NCCS.[C-]#[N+]C(C)(C)CC(C)(CC(C)(SC(=S)c1ccccc1)C(=O)NCCC[N+](C)(C)CCCS(=O)(=O)O)C(=O)NCCCSC(=O)c1ccccc1.[C-]#[N+]C(C)(C)CC(C)(CC(C)(SC(=S)c1ccccc1)C(=O)NCCC[N+](C)(C)CCCS(=O)(=O)O)C(=O)NCCSC(=O)c1ccccc1. The second kappa shape index (κ2) is 56.5. The van der Waals surface area contributed by atoms with Crippen molar-refractivity contribution >= 4 is 169 Å². The number of quaternary nitrogens is 3. The van der Waals surface area contributed by atoms with Gasteiger partial charge in [-0.2, -0.15) is 37.9 Å². The summed E-state index contributed by atoms with van der Waals surface area (Å²) in [6, 6.07) is 36.7. The van der Waals surface area contributed by atoms with Gasteiger partial charge in [-0.15, -0.1) is 0 Å². The van der Waals surface area contributed by atoms with Crippen LogP contribution in [0.5, 0.6) is 0 Å². The summed E-state index contributed by atoms with van der Waals surface area (Å²) in [5, 5.41) is 17.8. The summed E-state index contributed by atoms with van der Waals surface area (Å²) in [6.45, 7) is 52.2. The van der Waals surface area contributed by atoms with Crippen molar-refractivity contribution in [3.05, 3.63) is 178 Å². The Kier molecular flexibility index (Phi) is 51.9. The summed E-state index contributed by atoms with van der Waals surface area (Å²) < 4.78 is 93.5. The molecular weight excluding hydrogens is 1910 g/mol. The Morgan fingerprint density at radius 3 is 0.896 bits per heavy atom. The van der Waals surface area contributed by atoms with Gasteiger partial charge in [0.1, 0.15) is 0 Å². The van der Waals surface area contributed by atoms with Gasteiger partial charge in [0, 0.05) is 172 Å². The topological polar surface area (TPSA) is 385 Å². The van der Waals surface area contributed by atoms with E-state index in [-0.39, 0.29) is 95.2 Å². The van der Waals surface area contributed by atoms with Gasteiger partial charge in [0.2, 0.25) is 62.3 Å². The average molecular weight is 2060 g/mol. The molecule has 0 spiro atoms. The Hall–Kier alpha value is -6.95. The lowest BCUT2D eigenvalue weighted by Gasteiger charge is -2.38. The van der Waals surface area contributed by atoms with Gasteiger partial charge in [0.05, 0.1) is 133 Å². The molecule has 5 atom stereocenters. The minimum absolute atomic E-state index is 0.0292. The number of thioether (sulfide) groups is 4. The maximum atomic E-state index is 14.1. The van der Waals surface area contributed by atoms with Gasteiger partial charge in [0.15, 0.2) is 0 Å². The highest BCUT2D eigenvalue weighted by Gasteiger charge is 2.53. The van der Waals surface area contributed by atoms with E-state index in [1.54, 1.807) is 106 Å². The smallest absolute Gasteiger partial charge is 0.265 e. The molecule has 29 nitrogen and oxygen atoms in total. The molecule has 4 aromatic rings. The van der Waals surface area contributed by atoms with E-state index >= 15 is 0 Å². The summed E-state index contributed by atoms with van der Waals surface area (Å²) >= 11 is 20.6. The van der Waals surface area contributed by atoms with Crippen LogP contribution in [0.25, 0.3) is 14.5 Å². The van der Waals surface area contributed by atoms with Crippen molar-refractivity contribution in [2.24, 2.45) is 21.7 Å². The molecule has 0 bridgehead atoms. The fourth-order valence-corrected chi connectivity index (χ4v) is 23.0. The van der Waals surface area contributed by atoms with Crippen LogP contribution in [0.3, 0.4) is 0 Å². The standard InChI is InChI=1S/C37H52N4O6S4.C36H50N4O6S4.C23H44N4O5S2/c1-35(2,38-5)27-36(3,33(43)39-22-15-25-49-31(42)29-17-10-8-11-18-29)28-37(4,50-32(48)30-19-12-9-13-20-30)34(44)40-21-14-23-41(6,7)24-16-26-51(45,46)47;1-34(2,37-5)26-35(3,32(42)39-21-24-48-30(41)28-16-10-8-11-17-28)27-36(4,49-31(47)29-18-12-9-13-19-29)33(43)38-20-14-22-40(6,7)23-15-25-50(44,45)46;1-21(2,17-23(5,18-22(3,4)24-6)20(29)26-12-15-33)19(28)25-11-9-13-27(7,8)14-10-16-34(30,31)32/h8-13,17-20H,14-16,21-28H2,1-4,6-7H3,(H2-,39,40,43,44,45,46,47);8-13,16-19H,14-15,20-27H2,1-4,6-7H3,(H2-,38,39,42,43,44,45,46);9-18H2,1-5,7-8H3,(H3-,25,26,28,29,30,31,32,33)/p+3. The van der Waals surface area contributed by atoms with Crippen LogP contribution in [-0.2, 0) is 59.1 Å². The molecule has 5 unspecified atom stereocenters. The average Bonchev–Trinajstić information content (AvgIpc) is 0.787. The predicted molar refractivity (Wildman–Crippen MR) is 562 cm³/mol. The van der Waals surface area contributed by atoms with Gasteiger partial charge < -0.3 is 59.9 Å². The molecule has 4 aromatic carbocycles. The van der Waals surface area contributed by atoms with E-state index in [1.165, 1.54) is 35.3 Å². The van der Waals surface area contributed by atoms with E-state index in [4.69, 9.17) is 57.8 Å². The molecule has 39 heteroatoms. The Morgan fingerprint density at radius 2 is 0.600 bits per heavy atom. The van der Waals surface area contributed by atoms with Gasteiger partial charge in [-0.05, 0) is 50.7 Å². The number of rotatable bonds is 57. The van der Waals surface area contributed by atoms with E-state index in [1.807, 2.05) is 148 Å². The van der Waals surface area contributed by atoms with E-state index in [0.717, 1.165) is 29.4 Å². The fraction of sp³-hybridized carbons (Fsp3) is 0.615. The highest BCUT2D eigenvalue weighted by atomic mass is 32.2. The first-order chi connectivity index (χ1) is 62.2. The van der Waals surface area contributed by atoms with Crippen LogP contribution in [0.4, 0.5) is 0 Å². The molecule has 0 saturated heterocycles. The highest BCUT2D eigenvalue weighted by molar-refractivity contribution is 8.25. The maximum absolute atomic E-state index is 14.1. The minimum atomic E-state index is -4.02. The van der Waals surface area contributed by atoms with Gasteiger partial charge in [-0.3, -0.25) is 52.0 Å². The van der Waals surface area contributed by atoms with E-state index in [2.05, 4.69) is 59.1 Å². The van der Waals surface area contributed by atoms with Gasteiger partial charge in [-0.1, -0.05) is 227 Å². The Bertz CT molecular complexity index is 5040. The third-order valence-corrected chi connectivity index (χ3v) is 30.5. The molecule has 0 heterocycles. The van der Waals surface area contributed by atoms with Crippen molar-refractivity contribution in [2.45, 2.75) is 200 Å². The molecule has 0 aliphatic carbocycles. The predicted octanol–water partition coefficient (Wildman–Crippen LogP) is 14.6. The first-order valence-corrected chi connectivity index (χ1v) is 54.9. The summed E-state index contributed by atoms with van der Waals surface area (Å²) in [5.74, 6) is -0.959. The Labute approximate surface area is 838 Å². The second-order valence-electron chi connectivity index (χ2n) is 40.1. The highest BCUT2D eigenvalue weighted by Crippen LogP contribution is 2.47. The van der Waals surface area contributed by atoms with Crippen molar-refractivity contribution in [3.63, 3.8) is 0 Å². The van der Waals surface area contributed by atoms with E-state index in [0.29, 0.717) is 173 Å². The van der Waals surface area contributed by atoms with Crippen molar-refractivity contribution < 1.29 is 90.7 Å². The zero-order valence-corrected chi connectivity index (χ0v) is 90.6. The van der Waals surface area contributed by atoms with Crippen LogP contribution in [0.15, 0.2) is 121 Å². The molecule has 0 saturated carbocycles. The molecule has 6 amide bonds. The van der Waals surface area contributed by atoms with Crippen LogP contribution >= 0.6 is 84.1 Å². The number of amides is 6. The number of thiol groups is 1. The third kappa shape index (κ3) is 50.1. The lowest BCUT2D eigenvalue weighted by molar-refractivity contribution is -0.890.